The van der Waals surface area contributed by atoms with Gasteiger partial charge in [0.15, 0.2) is 0 Å². The van der Waals surface area contributed by atoms with Gasteiger partial charge in [0, 0.05) is 22.0 Å². The van der Waals surface area contributed by atoms with E-state index in [-0.39, 0.29) is 17.3 Å². The van der Waals surface area contributed by atoms with Gasteiger partial charge in [-0.05, 0) is 47.9 Å². The molecule has 0 radical (unpaired) electrons. The number of rotatable bonds is 6. The second-order valence-electron chi connectivity index (χ2n) is 6.80. The molecule has 0 atom stereocenters. The van der Waals surface area contributed by atoms with Crippen molar-refractivity contribution in [3.8, 4) is 16.3 Å². The van der Waals surface area contributed by atoms with Gasteiger partial charge in [-0.1, -0.05) is 23.7 Å². The quantitative estimate of drug-likeness (QED) is 0.293. The van der Waals surface area contributed by atoms with Crippen LogP contribution in [0.4, 0.5) is 23.2 Å². The van der Waals surface area contributed by atoms with E-state index in [4.69, 9.17) is 16.3 Å². The van der Waals surface area contributed by atoms with Crippen LogP contribution < -0.4 is 9.46 Å². The van der Waals surface area contributed by atoms with Gasteiger partial charge in [-0.2, -0.15) is 21.6 Å². The summed E-state index contributed by atoms with van der Waals surface area (Å²) < 4.78 is 81.2. The Bertz CT molecular complexity index is 1440. The molecule has 0 aliphatic heterocycles. The van der Waals surface area contributed by atoms with E-state index in [9.17, 15) is 26.0 Å². The van der Waals surface area contributed by atoms with Crippen LogP contribution in [0.3, 0.4) is 0 Å². The third-order valence-corrected chi connectivity index (χ3v) is 6.83. The van der Waals surface area contributed by atoms with Crippen LogP contribution in [0.2, 0.25) is 5.02 Å². The highest BCUT2D eigenvalue weighted by molar-refractivity contribution is 7.93. The van der Waals surface area contributed by atoms with Gasteiger partial charge < -0.3 is 4.74 Å². The largest absolute Gasteiger partial charge is 0.516 e. The lowest BCUT2D eigenvalue weighted by Crippen LogP contribution is -2.29. The van der Waals surface area contributed by atoms with E-state index in [0.29, 0.717) is 32.8 Å². The van der Waals surface area contributed by atoms with Crippen molar-refractivity contribution in [1.29, 1.82) is 0 Å². The number of hydrogen-bond acceptors (Lipinski definition) is 5. The maximum Gasteiger partial charge on any atom is 0.516 e. The molecule has 1 aromatic heterocycles. The third-order valence-electron chi connectivity index (χ3n) is 4.49. The average molecular weight is 517 g/mol. The van der Waals surface area contributed by atoms with Crippen molar-refractivity contribution in [1.82, 2.24) is 4.98 Å². The Morgan fingerprint density at radius 1 is 1.09 bits per heavy atom. The van der Waals surface area contributed by atoms with Gasteiger partial charge in [-0.15, -0.1) is 11.3 Å². The zero-order chi connectivity index (χ0) is 23.8. The number of thiazole rings is 1. The van der Waals surface area contributed by atoms with Gasteiger partial charge >= 0.3 is 15.5 Å². The first-order valence-corrected chi connectivity index (χ1v) is 11.9. The predicted molar refractivity (Wildman–Crippen MR) is 119 cm³/mol. The minimum Gasteiger partial charge on any atom is -0.487 e. The number of nitrogens with zero attached hydrogens (tertiary/aromatic N) is 1. The first-order valence-electron chi connectivity index (χ1n) is 9.18. The molecule has 0 fully saturated rings. The highest BCUT2D eigenvalue weighted by Gasteiger charge is 2.46. The number of alkyl halides is 3. The fraction of sp³-hybridized carbons (Fsp3) is 0.0952. The Morgan fingerprint density at radius 3 is 2.61 bits per heavy atom. The molecule has 0 saturated heterocycles. The smallest absolute Gasteiger partial charge is 0.487 e. The standard InChI is InChI=1S/C21H13ClF4N2O3S2/c22-17-9-13(4-7-18(17)23)20-27-15(11-32-20)10-31-19-3-1-2-12-8-14(5-6-16(12)19)28-33(29,30)21(24,25)26/h1-9,11,28H,10H2. The van der Waals surface area contributed by atoms with Crippen molar-refractivity contribution in [3.05, 3.63) is 76.5 Å². The summed E-state index contributed by atoms with van der Waals surface area (Å²) >= 11 is 7.16. The second kappa shape index (κ2) is 8.81. The Labute approximate surface area is 194 Å². The Kier molecular flexibility index (Phi) is 6.21. The van der Waals surface area contributed by atoms with Crippen LogP contribution in [0.25, 0.3) is 21.3 Å². The molecule has 0 bridgehead atoms. The minimum atomic E-state index is -5.52. The van der Waals surface area contributed by atoms with Crippen LogP contribution in [0.1, 0.15) is 5.69 Å². The zero-order valence-electron chi connectivity index (χ0n) is 16.4. The summed E-state index contributed by atoms with van der Waals surface area (Å²) in [6.45, 7) is 0.104. The molecular formula is C21H13ClF4N2O3S2. The van der Waals surface area contributed by atoms with Crippen molar-refractivity contribution in [2.75, 3.05) is 4.72 Å². The number of nitrogens with one attached hydrogen (secondary N) is 1. The van der Waals surface area contributed by atoms with Crippen LogP contribution in [0, 0.1) is 5.82 Å². The SMILES string of the molecule is O=S(=O)(Nc1ccc2c(OCc3csc(-c4ccc(F)c(Cl)c4)n3)cccc2c1)C(F)(F)F. The molecule has 172 valence electrons. The number of hydrogen-bond donors (Lipinski definition) is 1. The molecule has 1 heterocycles. The summed E-state index contributed by atoms with van der Waals surface area (Å²) in [5, 5.41) is 3.47. The lowest BCUT2D eigenvalue weighted by molar-refractivity contribution is -0.0429. The van der Waals surface area contributed by atoms with E-state index in [0.717, 1.165) is 0 Å². The molecule has 4 aromatic rings. The normalized spacial score (nSPS) is 12.2. The molecule has 0 spiro atoms. The fourth-order valence-corrected chi connectivity index (χ4v) is 4.48. The summed E-state index contributed by atoms with van der Waals surface area (Å²) in [7, 11) is -5.52. The molecule has 0 amide bonds. The van der Waals surface area contributed by atoms with E-state index in [1.165, 1.54) is 46.4 Å². The minimum absolute atomic E-state index is 0.00634. The Morgan fingerprint density at radius 2 is 1.88 bits per heavy atom. The van der Waals surface area contributed by atoms with Crippen LogP contribution in [-0.2, 0) is 16.6 Å². The van der Waals surface area contributed by atoms with E-state index < -0.39 is 21.3 Å². The highest BCUT2D eigenvalue weighted by atomic mass is 35.5. The van der Waals surface area contributed by atoms with Crippen LogP contribution in [0.5, 0.6) is 5.75 Å². The molecule has 5 nitrogen and oxygen atoms in total. The monoisotopic (exact) mass is 516 g/mol. The summed E-state index contributed by atoms with van der Waals surface area (Å²) in [5.41, 5.74) is -4.36. The second-order valence-corrected chi connectivity index (χ2v) is 9.74. The van der Waals surface area contributed by atoms with Crippen LogP contribution in [-0.4, -0.2) is 18.9 Å². The first-order chi connectivity index (χ1) is 15.5. The number of aromatic nitrogens is 1. The third kappa shape index (κ3) is 5.05. The summed E-state index contributed by atoms with van der Waals surface area (Å²) in [6, 6.07) is 13.2. The maximum absolute atomic E-state index is 13.4. The lowest BCUT2D eigenvalue weighted by atomic mass is 10.1. The Hall–Kier alpha value is -2.89. The van der Waals surface area contributed by atoms with E-state index in [1.807, 2.05) is 0 Å². The molecule has 3 aromatic carbocycles. The van der Waals surface area contributed by atoms with Gasteiger partial charge in [-0.3, -0.25) is 4.72 Å². The molecule has 0 aliphatic rings. The number of halogens is 5. The number of anilines is 1. The van der Waals surface area contributed by atoms with E-state index >= 15 is 0 Å². The number of sulfonamides is 1. The van der Waals surface area contributed by atoms with Crippen molar-refractivity contribution >= 4 is 49.4 Å². The first kappa shape index (κ1) is 23.3. The van der Waals surface area contributed by atoms with Gasteiger partial charge in [0.2, 0.25) is 0 Å². The fourth-order valence-electron chi connectivity index (χ4n) is 2.94. The zero-order valence-corrected chi connectivity index (χ0v) is 18.7. The van der Waals surface area contributed by atoms with E-state index in [1.54, 1.807) is 29.6 Å². The maximum atomic E-state index is 13.4. The molecule has 0 saturated carbocycles. The number of benzene rings is 3. The molecule has 33 heavy (non-hydrogen) atoms. The van der Waals surface area contributed by atoms with Crippen molar-refractivity contribution in [2.24, 2.45) is 0 Å². The summed E-state index contributed by atoms with van der Waals surface area (Å²) in [4.78, 5) is 4.45. The summed E-state index contributed by atoms with van der Waals surface area (Å²) in [5.74, 6) is -0.0806. The van der Waals surface area contributed by atoms with Crippen LogP contribution >= 0.6 is 22.9 Å². The topological polar surface area (TPSA) is 68.3 Å². The van der Waals surface area contributed by atoms with Gasteiger partial charge in [-0.25, -0.2) is 9.37 Å². The highest BCUT2D eigenvalue weighted by Crippen LogP contribution is 2.32. The van der Waals surface area contributed by atoms with Crippen molar-refractivity contribution in [2.45, 2.75) is 12.1 Å². The summed E-state index contributed by atoms with van der Waals surface area (Å²) in [6.07, 6.45) is 0. The van der Waals surface area contributed by atoms with E-state index in [2.05, 4.69) is 4.98 Å². The van der Waals surface area contributed by atoms with Crippen molar-refractivity contribution in [3.63, 3.8) is 0 Å². The molecular weight excluding hydrogens is 504 g/mol. The number of ether oxygens (including phenoxy) is 1. The van der Waals surface area contributed by atoms with Crippen molar-refractivity contribution < 1.29 is 30.7 Å². The van der Waals surface area contributed by atoms with Gasteiger partial charge in [0.25, 0.3) is 0 Å². The lowest BCUT2D eigenvalue weighted by Gasteiger charge is -2.12. The predicted octanol–water partition coefficient (Wildman–Crippen LogP) is 6.60. The molecule has 0 unspecified atom stereocenters. The molecule has 12 heteroatoms. The molecule has 0 aliphatic carbocycles. The van der Waals surface area contributed by atoms with Crippen LogP contribution in [0.15, 0.2) is 60.0 Å². The average Bonchev–Trinajstić information content (AvgIpc) is 3.22. The molecule has 4 rings (SSSR count). The Balaban J connectivity index is 1.52. The van der Waals surface area contributed by atoms with Gasteiger partial charge in [0.1, 0.15) is 23.2 Å². The molecule has 1 N–H and O–H groups in total. The number of fused-ring (bicyclic) bond motifs is 1. The van der Waals surface area contributed by atoms with Gasteiger partial charge in [0.05, 0.1) is 10.7 Å².